The normalized spacial score (nSPS) is 12.5. The van der Waals surface area contributed by atoms with Gasteiger partial charge in [0.25, 0.3) is 0 Å². The van der Waals surface area contributed by atoms with Crippen LogP contribution in [0.1, 0.15) is 0 Å². The molecule has 2 heterocycles. The largest absolute Gasteiger partial charge is 0.376 e. The summed E-state index contributed by atoms with van der Waals surface area (Å²) in [4.78, 5) is 2.50. The van der Waals surface area contributed by atoms with Gasteiger partial charge in [-0.25, -0.2) is 0 Å². The predicted molar refractivity (Wildman–Crippen MR) is 170 cm³/mol. The summed E-state index contributed by atoms with van der Waals surface area (Å²) in [5.41, 5.74) is 10.1. The molecule has 0 radical (unpaired) electrons. The molecule has 6 aromatic carbocycles. The van der Waals surface area contributed by atoms with E-state index in [0.717, 1.165) is 0 Å². The smallest absolute Gasteiger partial charge is 0.328 e. The molecule has 0 saturated heterocycles. The fourth-order valence-corrected chi connectivity index (χ4v) is 7.23. The Labute approximate surface area is 232 Å². The van der Waals surface area contributed by atoms with Gasteiger partial charge in [0, 0.05) is 37.1 Å². The maximum Gasteiger partial charge on any atom is 0.328 e. The van der Waals surface area contributed by atoms with Gasteiger partial charge >= 0.3 is 6.85 Å². The topological polar surface area (TPSA) is 3.24 Å². The van der Waals surface area contributed by atoms with Crippen molar-refractivity contribution in [2.75, 3.05) is 4.81 Å². The standard InChI is InChI=1S/C36H24BNS/c1-3-11-27(12-4-1)37-33-21-19-25(26-20-22-36-32(24-26)30-16-8-10-18-35(30)39-36)23-31(33)29-15-7-9-17-34(29)38(37)28-13-5-2-6-14-28/h1-24H. The molecule has 3 heteroatoms. The van der Waals surface area contributed by atoms with Crippen molar-refractivity contribution in [3.8, 4) is 22.3 Å². The van der Waals surface area contributed by atoms with Crippen molar-refractivity contribution < 1.29 is 0 Å². The van der Waals surface area contributed by atoms with Crippen LogP contribution in [0.3, 0.4) is 0 Å². The van der Waals surface area contributed by atoms with Crippen LogP contribution in [0.4, 0.5) is 11.4 Å². The van der Waals surface area contributed by atoms with Crippen LogP contribution in [0.2, 0.25) is 0 Å². The van der Waals surface area contributed by atoms with E-state index < -0.39 is 0 Å². The molecule has 1 nitrogen and oxygen atoms in total. The van der Waals surface area contributed by atoms with Gasteiger partial charge in [0.1, 0.15) is 0 Å². The molecular weight excluding hydrogens is 489 g/mol. The van der Waals surface area contributed by atoms with Gasteiger partial charge in [-0.15, -0.1) is 11.3 Å². The lowest BCUT2D eigenvalue weighted by atomic mass is 9.45. The molecule has 1 aliphatic heterocycles. The van der Waals surface area contributed by atoms with Gasteiger partial charge in [-0.1, -0.05) is 109 Å². The van der Waals surface area contributed by atoms with Crippen LogP contribution in [0.25, 0.3) is 42.4 Å². The number of hydrogen-bond donors (Lipinski definition) is 0. The van der Waals surface area contributed by atoms with Crippen LogP contribution >= 0.6 is 11.3 Å². The summed E-state index contributed by atoms with van der Waals surface area (Å²) in [7, 11) is 0. The van der Waals surface area contributed by atoms with Crippen LogP contribution in [0.15, 0.2) is 146 Å². The second-order valence-corrected chi connectivity index (χ2v) is 11.2. The Bertz CT molecular complexity index is 1980. The molecule has 0 amide bonds. The fourth-order valence-electron chi connectivity index (χ4n) is 6.14. The fraction of sp³-hybridized carbons (Fsp3) is 0. The Morgan fingerprint density at radius 2 is 1.15 bits per heavy atom. The summed E-state index contributed by atoms with van der Waals surface area (Å²) in [6.07, 6.45) is 0. The first-order valence-electron chi connectivity index (χ1n) is 13.4. The van der Waals surface area contributed by atoms with Crippen LogP contribution in [-0.2, 0) is 0 Å². The average Bonchev–Trinajstić information content (AvgIpc) is 3.39. The summed E-state index contributed by atoms with van der Waals surface area (Å²) < 4.78 is 2.68. The highest BCUT2D eigenvalue weighted by Gasteiger charge is 2.36. The predicted octanol–water partition coefficient (Wildman–Crippen LogP) is 8.65. The molecule has 39 heavy (non-hydrogen) atoms. The van der Waals surface area contributed by atoms with Crippen molar-refractivity contribution in [2.45, 2.75) is 0 Å². The molecule has 0 fully saturated rings. The zero-order chi connectivity index (χ0) is 25.8. The number of hydrogen-bond acceptors (Lipinski definition) is 2. The van der Waals surface area contributed by atoms with Gasteiger partial charge in [0.15, 0.2) is 0 Å². The van der Waals surface area contributed by atoms with E-state index >= 15 is 0 Å². The maximum absolute atomic E-state index is 2.50. The molecule has 8 rings (SSSR count). The number of benzene rings is 6. The Morgan fingerprint density at radius 1 is 0.487 bits per heavy atom. The van der Waals surface area contributed by atoms with Gasteiger partial charge in [0.05, 0.1) is 0 Å². The number of para-hydroxylation sites is 2. The summed E-state index contributed by atoms with van der Waals surface area (Å²) in [6, 6.07) is 53.2. The molecule has 0 atom stereocenters. The van der Waals surface area contributed by atoms with Crippen molar-refractivity contribution >= 4 is 60.7 Å². The first-order chi connectivity index (χ1) is 19.3. The lowest BCUT2D eigenvalue weighted by molar-refractivity contribution is 1.36. The minimum Gasteiger partial charge on any atom is -0.376 e. The third-order valence-electron chi connectivity index (χ3n) is 7.92. The molecule has 0 spiro atoms. The van der Waals surface area contributed by atoms with Crippen molar-refractivity contribution in [3.05, 3.63) is 146 Å². The third kappa shape index (κ3) is 3.62. The van der Waals surface area contributed by atoms with E-state index in [1.54, 1.807) is 0 Å². The number of anilines is 2. The summed E-state index contributed by atoms with van der Waals surface area (Å²) in [5, 5.41) is 2.67. The van der Waals surface area contributed by atoms with E-state index in [4.69, 9.17) is 0 Å². The van der Waals surface area contributed by atoms with Gasteiger partial charge in [0.2, 0.25) is 0 Å². The minimum atomic E-state index is 0.0795. The molecule has 0 N–H and O–H groups in total. The van der Waals surface area contributed by atoms with Crippen molar-refractivity contribution in [2.24, 2.45) is 0 Å². The van der Waals surface area contributed by atoms with Gasteiger partial charge in [-0.3, -0.25) is 0 Å². The third-order valence-corrected chi connectivity index (χ3v) is 9.07. The molecule has 1 aliphatic rings. The molecular formula is C36H24BNS. The van der Waals surface area contributed by atoms with E-state index in [1.807, 2.05) is 11.3 Å². The maximum atomic E-state index is 2.50. The Hall–Kier alpha value is -4.60. The zero-order valence-corrected chi connectivity index (χ0v) is 22.1. The molecule has 0 saturated carbocycles. The second-order valence-electron chi connectivity index (χ2n) is 10.1. The lowest BCUT2D eigenvalue weighted by Gasteiger charge is -2.39. The first-order valence-corrected chi connectivity index (χ1v) is 14.2. The van der Waals surface area contributed by atoms with Gasteiger partial charge in [-0.2, -0.15) is 0 Å². The van der Waals surface area contributed by atoms with Crippen molar-refractivity contribution in [1.82, 2.24) is 0 Å². The van der Waals surface area contributed by atoms with Gasteiger partial charge < -0.3 is 4.81 Å². The quantitative estimate of drug-likeness (QED) is 0.214. The Morgan fingerprint density at radius 3 is 2.03 bits per heavy atom. The number of nitrogens with zero attached hydrogens (tertiary/aromatic N) is 1. The van der Waals surface area contributed by atoms with Crippen LogP contribution < -0.4 is 15.7 Å². The highest BCUT2D eigenvalue weighted by Crippen LogP contribution is 2.41. The van der Waals surface area contributed by atoms with Crippen molar-refractivity contribution in [3.63, 3.8) is 0 Å². The van der Waals surface area contributed by atoms with Crippen molar-refractivity contribution in [1.29, 1.82) is 0 Å². The molecule has 7 aromatic rings. The van der Waals surface area contributed by atoms with Gasteiger partial charge in [-0.05, 0) is 64.6 Å². The lowest BCUT2D eigenvalue weighted by Crippen LogP contribution is -2.57. The summed E-state index contributed by atoms with van der Waals surface area (Å²) in [6.45, 7) is 0.0795. The molecule has 0 bridgehead atoms. The van der Waals surface area contributed by atoms with E-state index in [-0.39, 0.29) is 6.85 Å². The van der Waals surface area contributed by atoms with E-state index in [1.165, 1.54) is 64.7 Å². The Kier molecular flexibility index (Phi) is 5.17. The SMILES string of the molecule is c1ccc(B2c3ccc(-c4ccc5sc6ccccc6c5c4)cc3-c3ccccc3N2c2ccccc2)cc1. The monoisotopic (exact) mass is 513 g/mol. The highest BCUT2D eigenvalue weighted by atomic mass is 32.1. The first kappa shape index (κ1) is 22.4. The van der Waals surface area contributed by atoms with E-state index in [9.17, 15) is 0 Å². The van der Waals surface area contributed by atoms with E-state index in [2.05, 4.69) is 150 Å². The molecule has 1 aromatic heterocycles. The minimum absolute atomic E-state index is 0.0795. The molecule has 0 aliphatic carbocycles. The van der Waals surface area contributed by atoms with Crippen LogP contribution in [-0.4, -0.2) is 6.85 Å². The van der Waals surface area contributed by atoms with Crippen LogP contribution in [0, 0.1) is 0 Å². The number of rotatable bonds is 3. The summed E-state index contributed by atoms with van der Waals surface area (Å²) >= 11 is 1.87. The second kappa shape index (κ2) is 9.01. The zero-order valence-electron chi connectivity index (χ0n) is 21.3. The van der Waals surface area contributed by atoms with E-state index in [0.29, 0.717) is 0 Å². The average molecular weight is 513 g/mol. The molecule has 182 valence electrons. The number of fused-ring (bicyclic) bond motifs is 6. The summed E-state index contributed by atoms with van der Waals surface area (Å²) in [5.74, 6) is 0. The van der Waals surface area contributed by atoms with Crippen LogP contribution in [0.5, 0.6) is 0 Å². The highest BCUT2D eigenvalue weighted by molar-refractivity contribution is 7.25. The Balaban J connectivity index is 1.35. The number of thiophene rings is 1. The molecule has 0 unspecified atom stereocenters.